The Balaban J connectivity index is 1.37. The van der Waals surface area contributed by atoms with E-state index in [2.05, 4.69) is 16.7 Å². The lowest BCUT2D eigenvalue weighted by Gasteiger charge is -2.08. The third kappa shape index (κ3) is 5.73. The number of hydrogen-bond donors (Lipinski definition) is 2. The van der Waals surface area contributed by atoms with Crippen molar-refractivity contribution in [1.82, 2.24) is 0 Å². The van der Waals surface area contributed by atoms with Crippen LogP contribution in [0.1, 0.15) is 21.5 Å². The predicted molar refractivity (Wildman–Crippen MR) is 139 cm³/mol. The number of benzene rings is 3. The Bertz CT molecular complexity index is 1370. The van der Waals surface area contributed by atoms with Gasteiger partial charge in [-0.05, 0) is 42.8 Å². The summed E-state index contributed by atoms with van der Waals surface area (Å²) in [6.45, 7) is 1.94. The maximum absolute atomic E-state index is 12.6. The summed E-state index contributed by atoms with van der Waals surface area (Å²) >= 11 is 2.70. The second-order valence-corrected chi connectivity index (χ2v) is 9.45. The molecule has 0 spiro atoms. The molecule has 1 heterocycles. The molecule has 34 heavy (non-hydrogen) atoms. The molecule has 0 atom stereocenters. The van der Waals surface area contributed by atoms with E-state index in [0.717, 1.165) is 21.6 Å². The van der Waals surface area contributed by atoms with Crippen LogP contribution in [-0.2, 0) is 4.79 Å². The molecule has 5 nitrogen and oxygen atoms in total. The number of carbonyl (C=O) groups excluding carboxylic acids is 2. The highest BCUT2D eigenvalue weighted by Crippen LogP contribution is 2.35. The molecular weight excluding hydrogens is 462 g/mol. The van der Waals surface area contributed by atoms with E-state index in [-0.39, 0.29) is 17.6 Å². The molecule has 4 rings (SSSR count). The van der Waals surface area contributed by atoms with E-state index in [0.29, 0.717) is 21.8 Å². The number of nitrogens with zero attached hydrogens (tertiary/aromatic N) is 1. The molecule has 7 heteroatoms. The van der Waals surface area contributed by atoms with Crippen LogP contribution in [0, 0.1) is 18.3 Å². The van der Waals surface area contributed by atoms with Crippen molar-refractivity contribution in [3.05, 3.63) is 101 Å². The lowest BCUT2D eigenvalue weighted by Crippen LogP contribution is -2.14. The third-order valence-corrected chi connectivity index (χ3v) is 6.87. The van der Waals surface area contributed by atoms with Crippen molar-refractivity contribution >= 4 is 45.6 Å². The number of rotatable bonds is 7. The van der Waals surface area contributed by atoms with Gasteiger partial charge in [-0.2, -0.15) is 5.26 Å². The van der Waals surface area contributed by atoms with Gasteiger partial charge in [0.1, 0.15) is 11.1 Å². The standard InChI is InChI=1S/C27H21N3O2S2/c1-18-7-5-10-20(13-18)26(32)29-21-11-6-12-22(14-21)33-17-25(31)30-27-23(15-28)24(16-34-27)19-8-3-2-4-9-19/h2-14,16H,17H2,1H3,(H,29,32)(H,30,31). The number of thioether (sulfide) groups is 1. The first kappa shape index (κ1) is 23.3. The molecule has 0 saturated heterocycles. The van der Waals surface area contributed by atoms with Crippen LogP contribution >= 0.6 is 23.1 Å². The molecule has 0 aliphatic heterocycles. The van der Waals surface area contributed by atoms with Crippen LogP contribution in [0.5, 0.6) is 0 Å². The van der Waals surface area contributed by atoms with Crippen LogP contribution in [0.25, 0.3) is 11.1 Å². The fourth-order valence-corrected chi connectivity index (χ4v) is 5.05. The summed E-state index contributed by atoms with van der Waals surface area (Å²) in [5.41, 5.74) is 4.49. The maximum Gasteiger partial charge on any atom is 0.255 e. The smallest absolute Gasteiger partial charge is 0.255 e. The van der Waals surface area contributed by atoms with Crippen molar-refractivity contribution in [3.8, 4) is 17.2 Å². The van der Waals surface area contributed by atoms with Crippen molar-refractivity contribution in [1.29, 1.82) is 5.26 Å². The maximum atomic E-state index is 12.6. The first-order valence-electron chi connectivity index (χ1n) is 10.5. The summed E-state index contributed by atoms with van der Waals surface area (Å²) in [6, 6.07) is 26.6. The molecule has 0 aliphatic rings. The summed E-state index contributed by atoms with van der Waals surface area (Å²) in [5, 5.41) is 17.8. The first-order valence-corrected chi connectivity index (χ1v) is 12.4. The van der Waals surface area contributed by atoms with Gasteiger partial charge in [-0.25, -0.2) is 0 Å². The quantitative estimate of drug-likeness (QED) is 0.291. The Morgan fingerprint density at radius 1 is 0.971 bits per heavy atom. The molecule has 1 aromatic heterocycles. The lowest BCUT2D eigenvalue weighted by molar-refractivity contribution is -0.113. The number of carbonyl (C=O) groups is 2. The molecule has 4 aromatic rings. The summed E-state index contributed by atoms with van der Waals surface area (Å²) in [5.74, 6) is -0.199. The molecule has 2 amide bonds. The highest BCUT2D eigenvalue weighted by molar-refractivity contribution is 8.00. The fraction of sp³-hybridized carbons (Fsp3) is 0.0741. The Morgan fingerprint density at radius 3 is 2.53 bits per heavy atom. The van der Waals surface area contributed by atoms with Crippen LogP contribution in [-0.4, -0.2) is 17.6 Å². The largest absolute Gasteiger partial charge is 0.322 e. The van der Waals surface area contributed by atoms with Gasteiger partial charge in [0.25, 0.3) is 5.91 Å². The van der Waals surface area contributed by atoms with Crippen LogP contribution in [0.3, 0.4) is 0 Å². The Labute approximate surface area is 206 Å². The van der Waals surface area contributed by atoms with Crippen LogP contribution in [0.4, 0.5) is 10.7 Å². The van der Waals surface area contributed by atoms with Crippen LogP contribution in [0.15, 0.2) is 89.1 Å². The van der Waals surface area contributed by atoms with Crippen molar-refractivity contribution in [2.75, 3.05) is 16.4 Å². The van der Waals surface area contributed by atoms with E-state index in [1.165, 1.54) is 23.1 Å². The molecule has 168 valence electrons. The number of amides is 2. The first-order chi connectivity index (χ1) is 16.5. The summed E-state index contributed by atoms with van der Waals surface area (Å²) < 4.78 is 0. The van der Waals surface area contributed by atoms with E-state index in [1.54, 1.807) is 6.07 Å². The average molecular weight is 484 g/mol. The molecule has 0 radical (unpaired) electrons. The highest BCUT2D eigenvalue weighted by Gasteiger charge is 2.15. The third-order valence-electron chi connectivity index (χ3n) is 4.98. The number of aryl methyl sites for hydroxylation is 1. The van der Waals surface area contributed by atoms with Gasteiger partial charge in [-0.15, -0.1) is 23.1 Å². The number of hydrogen-bond acceptors (Lipinski definition) is 5. The number of nitrogens with one attached hydrogen (secondary N) is 2. The van der Waals surface area contributed by atoms with Crippen molar-refractivity contribution in [3.63, 3.8) is 0 Å². The Morgan fingerprint density at radius 2 is 1.76 bits per heavy atom. The number of anilines is 2. The predicted octanol–water partition coefficient (Wildman–Crippen LogP) is 6.58. The van der Waals surface area contributed by atoms with Crippen LogP contribution < -0.4 is 10.6 Å². The van der Waals surface area contributed by atoms with Crippen LogP contribution in [0.2, 0.25) is 0 Å². The number of thiophene rings is 1. The average Bonchev–Trinajstić information content (AvgIpc) is 3.26. The van der Waals surface area contributed by atoms with E-state index in [9.17, 15) is 14.9 Å². The van der Waals surface area contributed by atoms with Gasteiger partial charge in [-0.1, -0.05) is 54.1 Å². The minimum absolute atomic E-state index is 0.179. The lowest BCUT2D eigenvalue weighted by atomic mass is 10.1. The number of nitriles is 1. The van der Waals surface area contributed by atoms with Crippen molar-refractivity contribution in [2.24, 2.45) is 0 Å². The monoisotopic (exact) mass is 483 g/mol. The summed E-state index contributed by atoms with van der Waals surface area (Å²) in [4.78, 5) is 25.9. The minimum Gasteiger partial charge on any atom is -0.322 e. The summed E-state index contributed by atoms with van der Waals surface area (Å²) in [6.07, 6.45) is 0. The van der Waals surface area contributed by atoms with E-state index < -0.39 is 0 Å². The zero-order valence-electron chi connectivity index (χ0n) is 18.4. The topological polar surface area (TPSA) is 82.0 Å². The summed E-state index contributed by atoms with van der Waals surface area (Å²) in [7, 11) is 0. The van der Waals surface area contributed by atoms with E-state index in [4.69, 9.17) is 0 Å². The SMILES string of the molecule is Cc1cccc(C(=O)Nc2cccc(SCC(=O)Nc3scc(-c4ccccc4)c3C#N)c2)c1. The molecular formula is C27H21N3O2S2. The Hall–Kier alpha value is -3.86. The molecule has 0 aliphatic carbocycles. The van der Waals surface area contributed by atoms with E-state index >= 15 is 0 Å². The molecule has 2 N–H and O–H groups in total. The van der Waals surface area contributed by atoms with Gasteiger partial charge in [0.15, 0.2) is 0 Å². The van der Waals surface area contributed by atoms with Gasteiger partial charge in [0.05, 0.1) is 11.3 Å². The van der Waals surface area contributed by atoms with E-state index in [1.807, 2.05) is 85.1 Å². The van der Waals surface area contributed by atoms with Gasteiger partial charge in [0.2, 0.25) is 5.91 Å². The zero-order valence-corrected chi connectivity index (χ0v) is 20.0. The van der Waals surface area contributed by atoms with Crippen molar-refractivity contribution < 1.29 is 9.59 Å². The Kier molecular flexibility index (Phi) is 7.43. The molecule has 0 fully saturated rings. The molecule has 0 saturated carbocycles. The second-order valence-electron chi connectivity index (χ2n) is 7.52. The van der Waals surface area contributed by atoms with Gasteiger partial charge >= 0.3 is 0 Å². The zero-order chi connectivity index (χ0) is 23.9. The van der Waals surface area contributed by atoms with Gasteiger partial charge < -0.3 is 10.6 Å². The fourth-order valence-electron chi connectivity index (χ4n) is 3.36. The second kappa shape index (κ2) is 10.8. The highest BCUT2D eigenvalue weighted by atomic mass is 32.2. The molecule has 0 unspecified atom stereocenters. The molecule has 3 aromatic carbocycles. The molecule has 0 bridgehead atoms. The minimum atomic E-state index is -0.197. The van der Waals surface area contributed by atoms with Gasteiger partial charge in [0, 0.05) is 27.1 Å². The van der Waals surface area contributed by atoms with Gasteiger partial charge in [-0.3, -0.25) is 9.59 Å². The van der Waals surface area contributed by atoms with Crippen molar-refractivity contribution in [2.45, 2.75) is 11.8 Å². The normalized spacial score (nSPS) is 10.4.